The molecule has 2 aromatic rings. The third-order valence-corrected chi connectivity index (χ3v) is 4.89. The summed E-state index contributed by atoms with van der Waals surface area (Å²) in [7, 11) is 0. The van der Waals surface area contributed by atoms with Crippen molar-refractivity contribution in [1.29, 1.82) is 0 Å². The summed E-state index contributed by atoms with van der Waals surface area (Å²) in [5.74, 6) is -2.02. The number of nitro groups is 1. The maximum absolute atomic E-state index is 14.0. The molecule has 0 saturated heterocycles. The standard InChI is InChI=1S/C15H10Cl2F4N2O3S/c1-2-5-27-14-9(23(24)25)3-4-10(22-14)26-13-8(16)6-7(15(19,20)21)12(18)11(13)17/h3-4,6H,2,5H2,1H3. The van der Waals surface area contributed by atoms with Crippen LogP contribution >= 0.6 is 35.0 Å². The van der Waals surface area contributed by atoms with Crippen molar-refractivity contribution in [3.8, 4) is 11.6 Å². The number of thioether (sulfide) groups is 1. The summed E-state index contributed by atoms with van der Waals surface area (Å²) in [5, 5.41) is 9.53. The van der Waals surface area contributed by atoms with Gasteiger partial charge in [-0.1, -0.05) is 41.9 Å². The van der Waals surface area contributed by atoms with Crippen LogP contribution in [0.3, 0.4) is 0 Å². The molecule has 5 nitrogen and oxygen atoms in total. The van der Waals surface area contributed by atoms with Crippen molar-refractivity contribution in [2.75, 3.05) is 5.75 Å². The number of halogens is 6. The molecular weight excluding hydrogens is 435 g/mol. The molecular formula is C15H10Cl2F4N2O3S. The second-order valence-corrected chi connectivity index (χ2v) is 6.91. The molecule has 1 aromatic heterocycles. The zero-order valence-electron chi connectivity index (χ0n) is 13.4. The van der Waals surface area contributed by atoms with Gasteiger partial charge in [-0.15, -0.1) is 0 Å². The van der Waals surface area contributed by atoms with Crippen molar-refractivity contribution in [2.24, 2.45) is 0 Å². The third kappa shape index (κ3) is 4.94. The van der Waals surface area contributed by atoms with Crippen molar-refractivity contribution in [2.45, 2.75) is 24.5 Å². The van der Waals surface area contributed by atoms with E-state index >= 15 is 0 Å². The van der Waals surface area contributed by atoms with Crippen LogP contribution in [0.5, 0.6) is 11.6 Å². The first-order valence-electron chi connectivity index (χ1n) is 7.27. The van der Waals surface area contributed by atoms with Gasteiger partial charge in [0.1, 0.15) is 5.02 Å². The molecule has 146 valence electrons. The van der Waals surface area contributed by atoms with Crippen LogP contribution in [0, 0.1) is 15.9 Å². The zero-order valence-corrected chi connectivity index (χ0v) is 15.8. The van der Waals surface area contributed by atoms with Gasteiger partial charge >= 0.3 is 11.9 Å². The van der Waals surface area contributed by atoms with Gasteiger partial charge in [-0.25, -0.2) is 4.39 Å². The quantitative estimate of drug-likeness (QED) is 0.162. The van der Waals surface area contributed by atoms with E-state index in [4.69, 9.17) is 27.9 Å². The average molecular weight is 445 g/mol. The van der Waals surface area contributed by atoms with Gasteiger partial charge in [0, 0.05) is 12.1 Å². The van der Waals surface area contributed by atoms with Gasteiger partial charge in [0.25, 0.3) is 0 Å². The fourth-order valence-electron chi connectivity index (χ4n) is 1.90. The fraction of sp³-hybridized carbons (Fsp3) is 0.267. The minimum atomic E-state index is -4.99. The van der Waals surface area contributed by atoms with Gasteiger partial charge in [0.05, 0.1) is 15.5 Å². The van der Waals surface area contributed by atoms with E-state index in [2.05, 4.69) is 4.98 Å². The fourth-order valence-corrected chi connectivity index (χ4v) is 3.27. The van der Waals surface area contributed by atoms with Crippen LogP contribution in [0.25, 0.3) is 0 Å². The first-order chi connectivity index (χ1) is 12.6. The van der Waals surface area contributed by atoms with Crippen molar-refractivity contribution in [3.05, 3.63) is 49.7 Å². The number of benzene rings is 1. The Labute approximate surface area is 164 Å². The Bertz CT molecular complexity index is 881. The predicted octanol–water partition coefficient (Wildman–Crippen LogP) is 6.75. The Balaban J connectivity index is 2.45. The van der Waals surface area contributed by atoms with Crippen LogP contribution in [-0.4, -0.2) is 15.7 Å². The van der Waals surface area contributed by atoms with Crippen LogP contribution in [0.4, 0.5) is 23.2 Å². The van der Waals surface area contributed by atoms with Crippen molar-refractivity contribution >= 4 is 40.7 Å². The number of pyridine rings is 1. The summed E-state index contributed by atoms with van der Waals surface area (Å²) < 4.78 is 57.5. The molecule has 0 aliphatic heterocycles. The minimum Gasteiger partial charge on any atom is -0.436 e. The lowest BCUT2D eigenvalue weighted by Gasteiger charge is -2.14. The van der Waals surface area contributed by atoms with Gasteiger partial charge in [-0.05, 0) is 18.2 Å². The Kier molecular flexibility index (Phi) is 6.77. The molecule has 27 heavy (non-hydrogen) atoms. The third-order valence-electron chi connectivity index (χ3n) is 3.08. The van der Waals surface area contributed by atoms with Crippen LogP contribution in [-0.2, 0) is 6.18 Å². The lowest BCUT2D eigenvalue weighted by Crippen LogP contribution is -2.09. The van der Waals surface area contributed by atoms with Gasteiger partial charge in [-0.3, -0.25) is 10.1 Å². The van der Waals surface area contributed by atoms with E-state index in [0.717, 1.165) is 30.3 Å². The molecule has 1 aromatic carbocycles. The highest BCUT2D eigenvalue weighted by Crippen LogP contribution is 2.44. The van der Waals surface area contributed by atoms with Gasteiger partial charge in [-0.2, -0.15) is 18.2 Å². The lowest BCUT2D eigenvalue weighted by atomic mass is 10.2. The predicted molar refractivity (Wildman–Crippen MR) is 93.4 cm³/mol. The zero-order chi connectivity index (χ0) is 20.4. The van der Waals surface area contributed by atoms with Crippen molar-refractivity contribution < 1.29 is 27.2 Å². The average Bonchev–Trinajstić information content (AvgIpc) is 2.58. The summed E-state index contributed by atoms with van der Waals surface area (Å²) in [5.41, 5.74) is -1.91. The highest BCUT2D eigenvalue weighted by atomic mass is 35.5. The molecule has 12 heteroatoms. The van der Waals surface area contributed by atoms with Gasteiger partial charge < -0.3 is 4.74 Å². The monoisotopic (exact) mass is 444 g/mol. The van der Waals surface area contributed by atoms with Gasteiger partial charge in [0.2, 0.25) is 5.88 Å². The summed E-state index contributed by atoms with van der Waals surface area (Å²) in [6, 6.07) is 2.56. The van der Waals surface area contributed by atoms with Gasteiger partial charge in [0.15, 0.2) is 16.6 Å². The largest absolute Gasteiger partial charge is 0.436 e. The topological polar surface area (TPSA) is 65.3 Å². The SMILES string of the molecule is CCCSc1nc(Oc2c(Cl)cc(C(F)(F)F)c(F)c2Cl)ccc1[N+](=O)[O-]. The van der Waals surface area contributed by atoms with E-state index in [1.165, 1.54) is 0 Å². The summed E-state index contributed by atoms with van der Waals surface area (Å²) >= 11 is 12.5. The van der Waals surface area contributed by atoms with E-state index in [1.54, 1.807) is 0 Å². The van der Waals surface area contributed by atoms with Crippen LogP contribution in [0.1, 0.15) is 18.9 Å². The molecule has 0 spiro atoms. The summed E-state index contributed by atoms with van der Waals surface area (Å²) in [4.78, 5) is 14.4. The number of hydrogen-bond donors (Lipinski definition) is 0. The highest BCUT2D eigenvalue weighted by Gasteiger charge is 2.37. The van der Waals surface area contributed by atoms with E-state index < -0.39 is 38.3 Å². The molecule has 0 saturated carbocycles. The van der Waals surface area contributed by atoms with Crippen molar-refractivity contribution in [1.82, 2.24) is 4.98 Å². The molecule has 0 amide bonds. The molecule has 0 bridgehead atoms. The maximum Gasteiger partial charge on any atom is 0.419 e. The normalized spacial score (nSPS) is 11.5. The lowest BCUT2D eigenvalue weighted by molar-refractivity contribution is -0.388. The number of ether oxygens (including phenoxy) is 1. The Hall–Kier alpha value is -1.78. The number of rotatable bonds is 6. The number of hydrogen-bond acceptors (Lipinski definition) is 5. The second-order valence-electron chi connectivity index (χ2n) is 5.04. The molecule has 0 aliphatic rings. The molecule has 1 heterocycles. The van der Waals surface area contributed by atoms with Crippen LogP contribution < -0.4 is 4.74 Å². The smallest absolute Gasteiger partial charge is 0.419 e. The Morgan fingerprint density at radius 3 is 2.56 bits per heavy atom. The first kappa shape index (κ1) is 21.5. The molecule has 0 fully saturated rings. The molecule has 0 aliphatic carbocycles. The number of aromatic nitrogens is 1. The Morgan fingerprint density at radius 2 is 2.00 bits per heavy atom. The van der Waals surface area contributed by atoms with E-state index in [1.807, 2.05) is 6.92 Å². The Morgan fingerprint density at radius 1 is 1.33 bits per heavy atom. The second kappa shape index (κ2) is 8.49. The molecule has 0 unspecified atom stereocenters. The summed E-state index contributed by atoms with van der Waals surface area (Å²) in [6.45, 7) is 1.86. The molecule has 0 N–H and O–H groups in total. The maximum atomic E-state index is 14.0. The minimum absolute atomic E-state index is 0.0407. The molecule has 0 atom stereocenters. The summed E-state index contributed by atoms with van der Waals surface area (Å²) in [6.07, 6.45) is -4.28. The van der Waals surface area contributed by atoms with Crippen molar-refractivity contribution in [3.63, 3.8) is 0 Å². The van der Waals surface area contributed by atoms with E-state index in [-0.39, 0.29) is 16.6 Å². The van der Waals surface area contributed by atoms with Crippen LogP contribution in [0.2, 0.25) is 10.0 Å². The number of nitrogens with zero attached hydrogens (tertiary/aromatic N) is 2. The molecule has 0 radical (unpaired) electrons. The first-order valence-corrected chi connectivity index (χ1v) is 9.01. The number of alkyl halides is 3. The van der Waals surface area contributed by atoms with E-state index in [9.17, 15) is 27.7 Å². The highest BCUT2D eigenvalue weighted by molar-refractivity contribution is 7.99. The van der Waals surface area contributed by atoms with Crippen LogP contribution in [0.15, 0.2) is 23.2 Å². The van der Waals surface area contributed by atoms with E-state index in [0.29, 0.717) is 11.8 Å². The molecule has 2 rings (SSSR count).